The lowest BCUT2D eigenvalue weighted by molar-refractivity contribution is 0.768. The minimum absolute atomic E-state index is 0.417. The van der Waals surface area contributed by atoms with Crippen LogP contribution < -0.4 is 4.90 Å². The van der Waals surface area contributed by atoms with Gasteiger partial charge in [-0.1, -0.05) is 158 Å². The summed E-state index contributed by atoms with van der Waals surface area (Å²) in [7, 11) is 0. The van der Waals surface area contributed by atoms with E-state index < -0.39 is 5.41 Å². The number of para-hydroxylation sites is 1. The van der Waals surface area contributed by atoms with Gasteiger partial charge in [0, 0.05) is 37.2 Å². The molecule has 10 rings (SSSR count). The SMILES string of the molecule is c1ccc(N(c2ccc(-c3cccc4c3sc3ccccc34)cc2)c2ccc(C3(c4ccccc4)c4ccccc4-c4ccccc43)cc2)cc1. The van der Waals surface area contributed by atoms with Crippen LogP contribution in [0.4, 0.5) is 17.1 Å². The van der Waals surface area contributed by atoms with Crippen molar-refractivity contribution in [3.63, 3.8) is 0 Å². The first-order chi connectivity index (χ1) is 25.3. The Kier molecular flexibility index (Phi) is 6.97. The third-order valence-corrected chi connectivity index (χ3v) is 11.8. The first-order valence-corrected chi connectivity index (χ1v) is 18.3. The maximum Gasteiger partial charge on any atom is 0.0713 e. The van der Waals surface area contributed by atoms with E-state index in [4.69, 9.17) is 0 Å². The highest BCUT2D eigenvalue weighted by molar-refractivity contribution is 7.26. The molecule has 2 heteroatoms. The summed E-state index contributed by atoms with van der Waals surface area (Å²) in [5, 5.41) is 2.65. The van der Waals surface area contributed by atoms with E-state index in [0.29, 0.717) is 0 Å². The zero-order valence-corrected chi connectivity index (χ0v) is 28.7. The molecule has 1 aliphatic rings. The van der Waals surface area contributed by atoms with Crippen LogP contribution in [0.3, 0.4) is 0 Å². The fourth-order valence-corrected chi connectivity index (χ4v) is 9.60. The number of anilines is 3. The lowest BCUT2D eigenvalue weighted by Crippen LogP contribution is -2.28. The monoisotopic (exact) mass is 667 g/mol. The molecule has 1 aliphatic carbocycles. The average Bonchev–Trinajstić information content (AvgIpc) is 3.74. The van der Waals surface area contributed by atoms with Crippen molar-refractivity contribution in [3.05, 3.63) is 222 Å². The van der Waals surface area contributed by atoms with Gasteiger partial charge in [-0.3, -0.25) is 0 Å². The van der Waals surface area contributed by atoms with Crippen LogP contribution in [0.5, 0.6) is 0 Å². The predicted octanol–water partition coefficient (Wildman–Crippen LogP) is 13.6. The van der Waals surface area contributed by atoms with E-state index in [1.54, 1.807) is 0 Å². The number of benzene rings is 8. The van der Waals surface area contributed by atoms with Gasteiger partial charge in [0.2, 0.25) is 0 Å². The Balaban J connectivity index is 1.09. The van der Waals surface area contributed by atoms with Gasteiger partial charge < -0.3 is 4.90 Å². The summed E-state index contributed by atoms with van der Waals surface area (Å²) in [5.74, 6) is 0. The van der Waals surface area contributed by atoms with Gasteiger partial charge in [-0.25, -0.2) is 0 Å². The van der Waals surface area contributed by atoms with Crippen molar-refractivity contribution in [1.29, 1.82) is 0 Å². The lowest BCUT2D eigenvalue weighted by Gasteiger charge is -2.34. The highest BCUT2D eigenvalue weighted by Crippen LogP contribution is 2.56. The third-order valence-electron chi connectivity index (χ3n) is 10.6. The highest BCUT2D eigenvalue weighted by atomic mass is 32.1. The molecule has 1 aromatic heterocycles. The third kappa shape index (κ3) is 4.61. The number of hydrogen-bond donors (Lipinski definition) is 0. The molecule has 0 spiro atoms. The molecule has 1 nitrogen and oxygen atoms in total. The summed E-state index contributed by atoms with van der Waals surface area (Å²) in [5.41, 5.74) is 13.2. The van der Waals surface area contributed by atoms with E-state index in [1.807, 2.05) is 11.3 Å². The fourth-order valence-electron chi connectivity index (χ4n) is 8.36. The van der Waals surface area contributed by atoms with Crippen molar-refractivity contribution in [2.75, 3.05) is 4.90 Å². The maximum absolute atomic E-state index is 2.36. The molecule has 51 heavy (non-hydrogen) atoms. The molecule has 9 aromatic rings. The summed E-state index contributed by atoms with van der Waals surface area (Å²) in [6, 6.07) is 73.3. The molecule has 0 unspecified atom stereocenters. The Morgan fingerprint density at radius 2 is 0.843 bits per heavy atom. The van der Waals surface area contributed by atoms with Crippen LogP contribution >= 0.6 is 11.3 Å². The summed E-state index contributed by atoms with van der Waals surface area (Å²) in [4.78, 5) is 2.36. The van der Waals surface area contributed by atoms with Gasteiger partial charge in [0.25, 0.3) is 0 Å². The molecule has 1 heterocycles. The molecular formula is C49H33NS. The van der Waals surface area contributed by atoms with Gasteiger partial charge in [-0.05, 0) is 87.0 Å². The summed E-state index contributed by atoms with van der Waals surface area (Å²) >= 11 is 1.88. The molecule has 0 N–H and O–H groups in total. The molecular weight excluding hydrogens is 635 g/mol. The Hall–Kier alpha value is -6.22. The number of rotatable bonds is 6. The van der Waals surface area contributed by atoms with Crippen LogP contribution in [0, 0.1) is 0 Å². The average molecular weight is 668 g/mol. The Morgan fingerprint density at radius 3 is 1.53 bits per heavy atom. The molecule has 0 saturated heterocycles. The first-order valence-electron chi connectivity index (χ1n) is 17.5. The van der Waals surface area contributed by atoms with Crippen LogP contribution in [-0.4, -0.2) is 0 Å². The van der Waals surface area contributed by atoms with Gasteiger partial charge >= 0.3 is 0 Å². The van der Waals surface area contributed by atoms with E-state index in [-0.39, 0.29) is 0 Å². The normalized spacial score (nSPS) is 12.9. The van der Waals surface area contributed by atoms with E-state index in [0.717, 1.165) is 17.1 Å². The number of fused-ring (bicyclic) bond motifs is 6. The van der Waals surface area contributed by atoms with Crippen molar-refractivity contribution in [3.8, 4) is 22.3 Å². The van der Waals surface area contributed by atoms with E-state index in [2.05, 4.69) is 205 Å². The van der Waals surface area contributed by atoms with E-state index in [1.165, 1.54) is 64.7 Å². The van der Waals surface area contributed by atoms with Gasteiger partial charge in [0.1, 0.15) is 0 Å². The first kappa shape index (κ1) is 29.7. The van der Waals surface area contributed by atoms with Crippen molar-refractivity contribution >= 4 is 48.6 Å². The van der Waals surface area contributed by atoms with Crippen molar-refractivity contribution < 1.29 is 0 Å². The topological polar surface area (TPSA) is 3.24 Å². The molecule has 0 amide bonds. The summed E-state index contributed by atoms with van der Waals surface area (Å²) < 4.78 is 2.67. The molecule has 0 radical (unpaired) electrons. The Labute approximate surface area is 302 Å². The minimum Gasteiger partial charge on any atom is -0.311 e. The number of nitrogens with zero attached hydrogens (tertiary/aromatic N) is 1. The fraction of sp³-hybridized carbons (Fsp3) is 0.0204. The zero-order valence-electron chi connectivity index (χ0n) is 27.9. The number of hydrogen-bond acceptors (Lipinski definition) is 2. The second kappa shape index (κ2) is 12.0. The van der Waals surface area contributed by atoms with Gasteiger partial charge in [0.15, 0.2) is 0 Å². The standard InChI is InChI=1S/C49H33NS/c1-3-14-35(15-4-1)49(45-23-10-7-18-41(45)42-19-8-11-24-46(42)49)36-28-32-39(33-29-36)50(37-16-5-2-6-17-37)38-30-26-34(27-31-38)40-21-13-22-44-43-20-9-12-25-47(43)51-48(40)44/h1-33H. The minimum atomic E-state index is -0.417. The molecule has 0 saturated carbocycles. The second-order valence-electron chi connectivity index (χ2n) is 13.3. The molecule has 0 bridgehead atoms. The second-order valence-corrected chi connectivity index (χ2v) is 14.3. The molecule has 8 aromatic carbocycles. The molecule has 0 aliphatic heterocycles. The van der Waals surface area contributed by atoms with E-state index >= 15 is 0 Å². The highest BCUT2D eigenvalue weighted by Gasteiger charge is 2.45. The van der Waals surface area contributed by atoms with Crippen LogP contribution in [0.1, 0.15) is 22.3 Å². The van der Waals surface area contributed by atoms with Crippen LogP contribution in [0.2, 0.25) is 0 Å². The largest absolute Gasteiger partial charge is 0.311 e. The van der Waals surface area contributed by atoms with Gasteiger partial charge in [-0.15, -0.1) is 11.3 Å². The molecule has 0 atom stereocenters. The van der Waals surface area contributed by atoms with Crippen LogP contribution in [-0.2, 0) is 5.41 Å². The smallest absolute Gasteiger partial charge is 0.0713 e. The Morgan fingerprint density at radius 1 is 0.353 bits per heavy atom. The van der Waals surface area contributed by atoms with Gasteiger partial charge in [0.05, 0.1) is 5.41 Å². The molecule has 0 fully saturated rings. The van der Waals surface area contributed by atoms with Crippen molar-refractivity contribution in [2.24, 2.45) is 0 Å². The molecule has 240 valence electrons. The zero-order chi connectivity index (χ0) is 33.8. The van der Waals surface area contributed by atoms with Crippen molar-refractivity contribution in [2.45, 2.75) is 5.41 Å². The summed E-state index contributed by atoms with van der Waals surface area (Å²) in [6.07, 6.45) is 0. The maximum atomic E-state index is 2.36. The quantitative estimate of drug-likeness (QED) is 0.171. The Bertz CT molecular complexity index is 2630. The number of thiophene rings is 1. The van der Waals surface area contributed by atoms with E-state index in [9.17, 15) is 0 Å². The predicted molar refractivity (Wildman–Crippen MR) is 217 cm³/mol. The lowest BCUT2D eigenvalue weighted by atomic mass is 9.68. The summed E-state index contributed by atoms with van der Waals surface area (Å²) in [6.45, 7) is 0. The van der Waals surface area contributed by atoms with Gasteiger partial charge in [-0.2, -0.15) is 0 Å². The van der Waals surface area contributed by atoms with Crippen molar-refractivity contribution in [1.82, 2.24) is 0 Å². The van der Waals surface area contributed by atoms with Crippen LogP contribution in [0.15, 0.2) is 200 Å². The van der Waals surface area contributed by atoms with Crippen LogP contribution in [0.25, 0.3) is 42.4 Å².